The number of rotatable bonds is 4. The van der Waals surface area contributed by atoms with E-state index in [2.05, 4.69) is 22.2 Å². The molecule has 1 heterocycles. The van der Waals surface area contributed by atoms with Crippen LogP contribution in [-0.2, 0) is 19.1 Å². The van der Waals surface area contributed by atoms with Crippen molar-refractivity contribution in [1.82, 2.24) is 4.90 Å². The number of anilines is 1. The molecule has 0 aromatic heterocycles. The number of imide groups is 1. The van der Waals surface area contributed by atoms with Crippen LogP contribution in [0.25, 0.3) is 0 Å². The van der Waals surface area contributed by atoms with Crippen LogP contribution in [-0.4, -0.2) is 41.7 Å². The average Bonchev–Trinajstić information content (AvgIpc) is 3.51. The molecule has 1 aromatic carbocycles. The zero-order valence-electron chi connectivity index (χ0n) is 16.2. The maximum absolute atomic E-state index is 13.1. The van der Waals surface area contributed by atoms with Crippen molar-refractivity contribution in [1.29, 1.82) is 0 Å². The van der Waals surface area contributed by atoms with Crippen LogP contribution in [0, 0.1) is 35.5 Å². The van der Waals surface area contributed by atoms with Crippen molar-refractivity contribution < 1.29 is 23.9 Å². The molecule has 0 spiro atoms. The van der Waals surface area contributed by atoms with Gasteiger partial charge in [0.25, 0.3) is 0 Å². The molecule has 3 fully saturated rings. The second-order valence-corrected chi connectivity index (χ2v) is 8.44. The van der Waals surface area contributed by atoms with Crippen LogP contribution in [0.15, 0.2) is 36.4 Å². The van der Waals surface area contributed by atoms with Gasteiger partial charge >= 0.3 is 5.97 Å². The molecule has 1 saturated heterocycles. The minimum Gasteiger partial charge on any atom is -0.465 e. The summed E-state index contributed by atoms with van der Waals surface area (Å²) in [4.78, 5) is 51.6. The third kappa shape index (κ3) is 2.56. The molecule has 7 nitrogen and oxygen atoms in total. The standard InChI is InChI=1S/C22H22N2O5/c1-10(19(25)23-12-5-3-11(4-6-12)22(28)29-2)24-20(26)17-13-7-8-14(16-9-15(13)16)18(17)21(24)27/h3-8,10,13-18H,9H2,1-2H3,(H,23,25). The number of amides is 3. The molecular formula is C22H22N2O5. The summed E-state index contributed by atoms with van der Waals surface area (Å²) in [6, 6.07) is 5.37. The number of ether oxygens (including phenoxy) is 1. The topological polar surface area (TPSA) is 92.8 Å². The number of allylic oxidation sites excluding steroid dienone is 2. The van der Waals surface area contributed by atoms with E-state index in [0.717, 1.165) is 6.42 Å². The molecule has 6 rings (SSSR count). The number of benzene rings is 1. The summed E-state index contributed by atoms with van der Waals surface area (Å²) in [5.41, 5.74) is 0.850. The summed E-state index contributed by atoms with van der Waals surface area (Å²) in [5, 5.41) is 2.73. The Morgan fingerprint density at radius 1 is 1.03 bits per heavy atom. The van der Waals surface area contributed by atoms with Gasteiger partial charge in [0.15, 0.2) is 0 Å². The van der Waals surface area contributed by atoms with Crippen LogP contribution < -0.4 is 5.32 Å². The van der Waals surface area contributed by atoms with Crippen molar-refractivity contribution in [2.45, 2.75) is 19.4 Å². The largest absolute Gasteiger partial charge is 0.465 e. The molecule has 1 N–H and O–H groups in total. The number of carbonyl (C=O) groups excluding carboxylic acids is 4. The fourth-order valence-electron chi connectivity index (χ4n) is 5.53. The minimum atomic E-state index is -0.892. The molecule has 7 heteroatoms. The number of nitrogens with zero attached hydrogens (tertiary/aromatic N) is 1. The van der Waals surface area contributed by atoms with Gasteiger partial charge < -0.3 is 10.1 Å². The SMILES string of the molecule is COC(=O)c1ccc(NC(=O)C(C)N2C(=O)C3C4C=CC(C5CC45)C3C2=O)cc1. The van der Waals surface area contributed by atoms with Crippen molar-refractivity contribution in [2.75, 3.05) is 12.4 Å². The first-order valence-corrected chi connectivity index (χ1v) is 9.97. The van der Waals surface area contributed by atoms with E-state index >= 15 is 0 Å². The Morgan fingerprint density at radius 2 is 1.59 bits per heavy atom. The van der Waals surface area contributed by atoms with E-state index < -0.39 is 17.9 Å². The van der Waals surface area contributed by atoms with E-state index in [1.807, 2.05) is 0 Å². The monoisotopic (exact) mass is 394 g/mol. The van der Waals surface area contributed by atoms with Crippen molar-refractivity contribution in [3.63, 3.8) is 0 Å². The molecule has 2 bridgehead atoms. The number of likely N-dealkylation sites (tertiary alicyclic amines) is 1. The second-order valence-electron chi connectivity index (χ2n) is 8.44. The summed E-state index contributed by atoms with van der Waals surface area (Å²) in [6.45, 7) is 1.58. The first-order valence-electron chi connectivity index (χ1n) is 9.97. The van der Waals surface area contributed by atoms with Gasteiger partial charge in [0, 0.05) is 5.69 Å². The van der Waals surface area contributed by atoms with Crippen molar-refractivity contribution >= 4 is 29.4 Å². The van der Waals surface area contributed by atoms with Crippen LogP contribution in [0.2, 0.25) is 0 Å². The van der Waals surface area contributed by atoms with Crippen molar-refractivity contribution in [3.05, 3.63) is 42.0 Å². The van der Waals surface area contributed by atoms with Gasteiger partial charge in [0.2, 0.25) is 17.7 Å². The zero-order valence-corrected chi connectivity index (χ0v) is 16.2. The molecule has 7 atom stereocenters. The van der Waals surface area contributed by atoms with Crippen molar-refractivity contribution in [3.8, 4) is 0 Å². The van der Waals surface area contributed by atoms with Crippen LogP contribution in [0.1, 0.15) is 23.7 Å². The van der Waals surface area contributed by atoms with Crippen LogP contribution in [0.4, 0.5) is 5.69 Å². The number of nitrogens with one attached hydrogen (secondary N) is 1. The maximum atomic E-state index is 13.1. The van der Waals surface area contributed by atoms with Crippen LogP contribution in [0.3, 0.4) is 0 Å². The van der Waals surface area contributed by atoms with Gasteiger partial charge in [-0.2, -0.15) is 0 Å². The van der Waals surface area contributed by atoms with E-state index in [0.29, 0.717) is 23.1 Å². The average molecular weight is 394 g/mol. The van der Waals surface area contributed by atoms with E-state index in [1.54, 1.807) is 31.2 Å². The highest BCUT2D eigenvalue weighted by atomic mass is 16.5. The van der Waals surface area contributed by atoms with E-state index in [9.17, 15) is 19.2 Å². The molecule has 7 unspecified atom stereocenters. The molecule has 1 aliphatic heterocycles. The van der Waals surface area contributed by atoms with Gasteiger partial charge in [-0.3, -0.25) is 19.3 Å². The summed E-state index contributed by atoms with van der Waals surface area (Å²) in [7, 11) is 1.30. The summed E-state index contributed by atoms with van der Waals surface area (Å²) < 4.78 is 4.65. The molecule has 150 valence electrons. The number of hydrogen-bond acceptors (Lipinski definition) is 5. The third-order valence-corrected chi connectivity index (χ3v) is 7.04. The lowest BCUT2D eigenvalue weighted by atomic mass is 9.63. The van der Waals surface area contributed by atoms with Gasteiger partial charge in [-0.05, 0) is 61.3 Å². The molecule has 5 aliphatic rings. The first-order chi connectivity index (χ1) is 13.9. The van der Waals surface area contributed by atoms with Gasteiger partial charge in [0.05, 0.1) is 24.5 Å². The second kappa shape index (κ2) is 6.27. The fourth-order valence-corrected chi connectivity index (χ4v) is 5.53. The Morgan fingerprint density at radius 3 is 2.10 bits per heavy atom. The highest BCUT2D eigenvalue weighted by Crippen LogP contribution is 2.65. The Labute approximate surface area is 168 Å². The van der Waals surface area contributed by atoms with E-state index in [4.69, 9.17) is 0 Å². The summed E-state index contributed by atoms with van der Waals surface area (Å²) in [6.07, 6.45) is 5.33. The Bertz CT molecular complexity index is 916. The smallest absolute Gasteiger partial charge is 0.337 e. The normalized spacial score (nSPS) is 34.5. The first kappa shape index (κ1) is 18.1. The summed E-state index contributed by atoms with van der Waals surface area (Å²) in [5.74, 6) is -0.612. The van der Waals surface area contributed by atoms with Gasteiger partial charge in [-0.25, -0.2) is 4.79 Å². The molecule has 3 amide bonds. The van der Waals surface area contributed by atoms with Crippen LogP contribution in [0.5, 0.6) is 0 Å². The highest BCUT2D eigenvalue weighted by Gasteiger charge is 2.67. The number of carbonyl (C=O) groups is 4. The van der Waals surface area contributed by atoms with Crippen LogP contribution >= 0.6 is 0 Å². The predicted molar refractivity (Wildman–Crippen MR) is 102 cm³/mol. The molecular weight excluding hydrogens is 372 g/mol. The fraction of sp³-hybridized carbons (Fsp3) is 0.455. The van der Waals surface area contributed by atoms with Gasteiger partial charge in [0.1, 0.15) is 6.04 Å². The highest BCUT2D eigenvalue weighted by molar-refractivity contribution is 6.10. The molecule has 1 aromatic rings. The Hall–Kier alpha value is -2.96. The Kier molecular flexibility index (Phi) is 3.91. The number of methoxy groups -OCH3 is 1. The lowest BCUT2D eigenvalue weighted by Gasteiger charge is -2.37. The number of esters is 1. The van der Waals surface area contributed by atoms with Gasteiger partial charge in [-0.15, -0.1) is 0 Å². The summed E-state index contributed by atoms with van der Waals surface area (Å²) >= 11 is 0. The Balaban J connectivity index is 1.31. The lowest BCUT2D eigenvalue weighted by Crippen LogP contribution is -2.46. The third-order valence-electron chi connectivity index (χ3n) is 7.04. The van der Waals surface area contributed by atoms with Gasteiger partial charge in [-0.1, -0.05) is 12.2 Å². The molecule has 2 saturated carbocycles. The molecule has 4 aliphatic carbocycles. The number of hydrogen-bond donors (Lipinski definition) is 1. The predicted octanol–water partition coefficient (Wildman–Crippen LogP) is 1.85. The van der Waals surface area contributed by atoms with Crippen molar-refractivity contribution in [2.24, 2.45) is 35.5 Å². The zero-order chi connectivity index (χ0) is 20.4. The molecule has 0 radical (unpaired) electrons. The van der Waals surface area contributed by atoms with E-state index in [1.165, 1.54) is 12.0 Å². The van der Waals surface area contributed by atoms with E-state index in [-0.39, 0.29) is 35.5 Å². The minimum absolute atomic E-state index is 0.137. The quantitative estimate of drug-likeness (QED) is 0.478. The lowest BCUT2D eigenvalue weighted by molar-refractivity contribution is -0.146. The molecule has 29 heavy (non-hydrogen) atoms. The maximum Gasteiger partial charge on any atom is 0.337 e.